The predicted octanol–water partition coefficient (Wildman–Crippen LogP) is 3.91. The summed E-state index contributed by atoms with van der Waals surface area (Å²) in [4.78, 5) is 6.28. The second-order valence-electron chi connectivity index (χ2n) is 5.46. The lowest BCUT2D eigenvalue weighted by Gasteiger charge is -2.11. The Kier molecular flexibility index (Phi) is 6.68. The van der Waals surface area contributed by atoms with Gasteiger partial charge in [-0.05, 0) is 48.9 Å². The highest BCUT2D eigenvalue weighted by molar-refractivity contribution is 6.40. The third-order valence-electron chi connectivity index (χ3n) is 3.34. The molecule has 2 aromatic rings. The van der Waals surface area contributed by atoms with Crippen molar-refractivity contribution in [2.75, 3.05) is 19.0 Å². The molecule has 0 aromatic heterocycles. The molecule has 0 unspecified atom stereocenters. The average Bonchev–Trinajstić information content (AvgIpc) is 2.61. The van der Waals surface area contributed by atoms with Crippen molar-refractivity contribution in [3.05, 3.63) is 59.1 Å². The normalized spacial score (nSPS) is 12.5. The van der Waals surface area contributed by atoms with Gasteiger partial charge in [-0.3, -0.25) is 10.7 Å². The Balaban J connectivity index is 2.11. The summed E-state index contributed by atoms with van der Waals surface area (Å²) in [6.45, 7) is 1.70. The Morgan fingerprint density at radius 2 is 1.72 bits per heavy atom. The molecular formula is C18H20ClN5O. The van der Waals surface area contributed by atoms with Crippen LogP contribution in [0.5, 0.6) is 0 Å². The van der Waals surface area contributed by atoms with Gasteiger partial charge in [-0.1, -0.05) is 23.7 Å². The van der Waals surface area contributed by atoms with Crippen LogP contribution in [0.1, 0.15) is 12.5 Å². The second-order valence-corrected chi connectivity index (χ2v) is 5.90. The van der Waals surface area contributed by atoms with Gasteiger partial charge in [0.25, 0.3) is 0 Å². The monoisotopic (exact) mass is 357 g/mol. The number of nitrogens with one attached hydrogen (secondary N) is 1. The first-order chi connectivity index (χ1) is 12.0. The number of rotatable bonds is 5. The molecule has 0 radical (unpaired) electrons. The van der Waals surface area contributed by atoms with E-state index in [2.05, 4.69) is 15.2 Å². The van der Waals surface area contributed by atoms with Crippen LogP contribution < -0.4 is 10.4 Å². The van der Waals surface area contributed by atoms with Gasteiger partial charge in [0, 0.05) is 24.8 Å². The fourth-order valence-corrected chi connectivity index (χ4v) is 2.05. The Bertz CT molecular complexity index is 780. The van der Waals surface area contributed by atoms with Crippen LogP contribution in [0.3, 0.4) is 0 Å². The molecule has 2 aromatic carbocycles. The van der Waals surface area contributed by atoms with Gasteiger partial charge in [-0.2, -0.15) is 10.2 Å². The lowest BCUT2D eigenvalue weighted by atomic mass is 10.2. The maximum atomic E-state index is 9.27. The molecule has 0 atom stereocenters. The number of benzene rings is 2. The van der Waals surface area contributed by atoms with Crippen molar-refractivity contribution in [1.29, 1.82) is 0 Å². The van der Waals surface area contributed by atoms with Gasteiger partial charge in [0.05, 0.1) is 11.9 Å². The summed E-state index contributed by atoms with van der Waals surface area (Å²) in [5, 5.41) is 18.0. The lowest BCUT2D eigenvalue weighted by molar-refractivity contribution is 0.236. The Morgan fingerprint density at radius 1 is 1.08 bits per heavy atom. The van der Waals surface area contributed by atoms with Crippen molar-refractivity contribution in [2.45, 2.75) is 6.92 Å². The molecular weight excluding hydrogens is 338 g/mol. The van der Waals surface area contributed by atoms with E-state index in [0.29, 0.717) is 16.4 Å². The Hall–Kier alpha value is -2.70. The minimum Gasteiger partial charge on any atom is -0.378 e. The van der Waals surface area contributed by atoms with Gasteiger partial charge >= 0.3 is 0 Å². The van der Waals surface area contributed by atoms with E-state index in [9.17, 15) is 5.21 Å². The molecule has 7 heteroatoms. The van der Waals surface area contributed by atoms with Crippen molar-refractivity contribution in [1.82, 2.24) is 5.48 Å². The lowest BCUT2D eigenvalue weighted by Crippen LogP contribution is -2.26. The summed E-state index contributed by atoms with van der Waals surface area (Å²) in [5.74, 6) is 0.211. The maximum absolute atomic E-state index is 9.27. The minimum atomic E-state index is 0.211. The highest BCUT2D eigenvalue weighted by Gasteiger charge is 2.03. The molecule has 0 amide bonds. The van der Waals surface area contributed by atoms with E-state index in [1.807, 2.05) is 48.7 Å². The number of aliphatic imine (C=N–C) groups is 1. The first-order valence-corrected chi connectivity index (χ1v) is 7.97. The van der Waals surface area contributed by atoms with E-state index in [1.165, 1.54) is 0 Å². The van der Waals surface area contributed by atoms with Crippen molar-refractivity contribution >= 4 is 40.7 Å². The summed E-state index contributed by atoms with van der Waals surface area (Å²) in [6.07, 6.45) is 1.64. The Morgan fingerprint density at radius 3 is 2.28 bits per heavy atom. The highest BCUT2D eigenvalue weighted by atomic mass is 35.5. The Labute approximate surface area is 152 Å². The molecule has 0 saturated heterocycles. The zero-order chi connectivity index (χ0) is 18.2. The summed E-state index contributed by atoms with van der Waals surface area (Å²) in [6, 6.07) is 14.8. The van der Waals surface area contributed by atoms with Crippen LogP contribution in [-0.4, -0.2) is 37.1 Å². The minimum absolute atomic E-state index is 0.211. The zero-order valence-electron chi connectivity index (χ0n) is 14.3. The molecule has 0 aliphatic carbocycles. The number of hydrogen-bond acceptors (Lipinski definition) is 5. The van der Waals surface area contributed by atoms with Gasteiger partial charge in [-0.25, -0.2) is 4.99 Å². The molecule has 25 heavy (non-hydrogen) atoms. The smallest absolute Gasteiger partial charge is 0.173 e. The van der Waals surface area contributed by atoms with Crippen LogP contribution in [0.15, 0.2) is 63.7 Å². The third-order valence-corrected chi connectivity index (χ3v) is 3.59. The topological polar surface area (TPSA) is 72.6 Å². The molecule has 0 spiro atoms. The summed E-state index contributed by atoms with van der Waals surface area (Å²) >= 11 is 5.84. The number of hydroxylamine groups is 1. The number of halogens is 1. The largest absolute Gasteiger partial charge is 0.378 e. The average molecular weight is 358 g/mol. The number of hydrogen-bond donors (Lipinski definition) is 2. The fourth-order valence-electron chi connectivity index (χ4n) is 1.92. The van der Waals surface area contributed by atoms with E-state index < -0.39 is 0 Å². The van der Waals surface area contributed by atoms with Crippen LogP contribution in [0, 0.1) is 0 Å². The summed E-state index contributed by atoms with van der Waals surface area (Å²) < 4.78 is 0. The van der Waals surface area contributed by atoms with Crippen molar-refractivity contribution < 1.29 is 5.21 Å². The summed E-state index contributed by atoms with van der Waals surface area (Å²) in [5.41, 5.74) is 5.16. The van der Waals surface area contributed by atoms with Gasteiger partial charge in [-0.15, -0.1) is 0 Å². The van der Waals surface area contributed by atoms with E-state index in [0.717, 1.165) is 11.3 Å². The molecule has 0 bridgehead atoms. The van der Waals surface area contributed by atoms with Gasteiger partial charge < -0.3 is 4.90 Å². The SMILES string of the molecule is CC(=NN=Cc1ccc(N(C)C)cc1)C(=Nc1ccc(Cl)cc1)NO. The van der Waals surface area contributed by atoms with E-state index in [4.69, 9.17) is 11.6 Å². The highest BCUT2D eigenvalue weighted by Crippen LogP contribution is 2.16. The molecule has 2 N–H and O–H groups in total. The van der Waals surface area contributed by atoms with Crippen LogP contribution in [0.25, 0.3) is 0 Å². The molecule has 0 heterocycles. The first kappa shape index (κ1) is 18.6. The quantitative estimate of drug-likeness (QED) is 0.484. The maximum Gasteiger partial charge on any atom is 0.173 e. The van der Waals surface area contributed by atoms with Crippen molar-refractivity contribution in [3.8, 4) is 0 Å². The molecule has 0 aliphatic rings. The van der Waals surface area contributed by atoms with E-state index >= 15 is 0 Å². The molecule has 0 saturated carbocycles. The van der Waals surface area contributed by atoms with Crippen molar-refractivity contribution in [2.24, 2.45) is 15.2 Å². The first-order valence-electron chi connectivity index (χ1n) is 7.59. The summed E-state index contributed by atoms with van der Waals surface area (Å²) in [7, 11) is 3.97. The predicted molar refractivity (Wildman–Crippen MR) is 105 cm³/mol. The van der Waals surface area contributed by atoms with E-state index in [1.54, 1.807) is 37.4 Å². The number of anilines is 1. The van der Waals surface area contributed by atoms with Crippen LogP contribution in [-0.2, 0) is 0 Å². The molecule has 2 rings (SSSR count). The zero-order valence-corrected chi connectivity index (χ0v) is 15.1. The molecule has 6 nitrogen and oxygen atoms in total. The van der Waals surface area contributed by atoms with Gasteiger partial charge in [0.2, 0.25) is 0 Å². The second kappa shape index (κ2) is 8.96. The van der Waals surface area contributed by atoms with Crippen LogP contribution in [0.4, 0.5) is 11.4 Å². The van der Waals surface area contributed by atoms with Gasteiger partial charge in [0.15, 0.2) is 5.84 Å². The van der Waals surface area contributed by atoms with E-state index in [-0.39, 0.29) is 5.84 Å². The van der Waals surface area contributed by atoms with Crippen LogP contribution in [0.2, 0.25) is 5.02 Å². The fraction of sp³-hybridized carbons (Fsp3) is 0.167. The molecule has 0 fully saturated rings. The number of amidine groups is 1. The standard InChI is InChI=1S/C18H20ClN5O/c1-13(18(23-25)21-16-8-6-15(19)7-9-16)22-20-12-14-4-10-17(11-5-14)24(2)3/h4-12,25H,1-3H3,(H,21,23). The van der Waals surface area contributed by atoms with Crippen molar-refractivity contribution in [3.63, 3.8) is 0 Å². The van der Waals surface area contributed by atoms with Gasteiger partial charge in [0.1, 0.15) is 5.71 Å². The molecule has 0 aliphatic heterocycles. The number of nitrogens with zero attached hydrogens (tertiary/aromatic N) is 4. The van der Waals surface area contributed by atoms with Crippen LogP contribution >= 0.6 is 11.6 Å². The molecule has 130 valence electrons. The third kappa shape index (κ3) is 5.70.